The number of benzene rings is 1. The number of amides is 1. The van der Waals surface area contributed by atoms with Gasteiger partial charge in [-0.25, -0.2) is 0 Å². The van der Waals surface area contributed by atoms with E-state index in [1.807, 2.05) is 0 Å². The minimum Gasteiger partial charge on any atom is -0.493 e. The molecule has 0 radical (unpaired) electrons. The molecule has 0 unspecified atom stereocenters. The van der Waals surface area contributed by atoms with E-state index in [1.54, 1.807) is 12.1 Å². The minimum absolute atomic E-state index is 0.137. The summed E-state index contributed by atoms with van der Waals surface area (Å²) in [6, 6.07) is 1.59. The largest absolute Gasteiger partial charge is 0.493 e. The molecule has 0 spiro atoms. The van der Waals surface area contributed by atoms with Crippen molar-refractivity contribution in [3.05, 3.63) is 27.8 Å². The lowest BCUT2D eigenvalue weighted by atomic mass is 9.91. The molecule has 2 atom stereocenters. The molecule has 2 rings (SSSR count). The van der Waals surface area contributed by atoms with Crippen molar-refractivity contribution in [3.63, 3.8) is 0 Å². The molecule has 1 saturated heterocycles. The number of carbonyl (C=O) groups is 1. The Bertz CT molecular complexity index is 589. The molecule has 1 aromatic carbocycles. The molecule has 22 heavy (non-hydrogen) atoms. The Balaban J connectivity index is 2.53. The topological polar surface area (TPSA) is 99.9 Å². The molecule has 1 aromatic rings. The van der Waals surface area contributed by atoms with Crippen molar-refractivity contribution >= 4 is 5.91 Å². The van der Waals surface area contributed by atoms with Crippen LogP contribution in [0.15, 0.2) is 12.1 Å². The summed E-state index contributed by atoms with van der Waals surface area (Å²) in [5.41, 5.74) is 0.495. The van der Waals surface area contributed by atoms with Crippen molar-refractivity contribution in [2.24, 2.45) is 0 Å². The van der Waals surface area contributed by atoms with E-state index >= 15 is 0 Å². The standard InChI is InChI=1S/C14H18N2O6/c1-20-10-6-4-8(13(21-2)14(10)22-3)12-9(16(18)19)5-7-11(17)15-12/h4,6,9,12H,5,7H2,1-3H3,(H,15,17)/t9-,12-/m0/s1. The van der Waals surface area contributed by atoms with E-state index in [0.717, 1.165) is 0 Å². The van der Waals surface area contributed by atoms with Gasteiger partial charge in [0.2, 0.25) is 17.7 Å². The maximum Gasteiger partial charge on any atom is 0.237 e. The molecule has 8 nitrogen and oxygen atoms in total. The van der Waals surface area contributed by atoms with Crippen LogP contribution in [-0.4, -0.2) is 38.2 Å². The van der Waals surface area contributed by atoms with Gasteiger partial charge in [-0.2, -0.15) is 0 Å². The van der Waals surface area contributed by atoms with Crippen LogP contribution in [-0.2, 0) is 4.79 Å². The average Bonchev–Trinajstić information content (AvgIpc) is 2.52. The summed E-state index contributed by atoms with van der Waals surface area (Å²) < 4.78 is 15.8. The van der Waals surface area contributed by atoms with E-state index in [-0.39, 0.29) is 23.7 Å². The minimum atomic E-state index is -0.912. The first kappa shape index (κ1) is 15.9. The number of hydrogen-bond donors (Lipinski definition) is 1. The van der Waals surface area contributed by atoms with Gasteiger partial charge < -0.3 is 19.5 Å². The van der Waals surface area contributed by atoms with Gasteiger partial charge in [0.25, 0.3) is 0 Å². The fourth-order valence-corrected chi connectivity index (χ4v) is 2.67. The van der Waals surface area contributed by atoms with E-state index in [9.17, 15) is 14.9 Å². The molecule has 0 bridgehead atoms. The Kier molecular flexibility index (Phi) is 4.69. The van der Waals surface area contributed by atoms with Crippen LogP contribution in [0.25, 0.3) is 0 Å². The zero-order valence-electron chi connectivity index (χ0n) is 12.6. The third-order valence-corrected chi connectivity index (χ3v) is 3.71. The second kappa shape index (κ2) is 6.50. The number of ether oxygens (including phenoxy) is 3. The SMILES string of the molecule is COc1ccc([C@@H]2NC(=O)CC[C@@H]2[N+](=O)[O-])c(OC)c1OC. The predicted octanol–water partition coefficient (Wildman–Crippen LogP) is 1.31. The van der Waals surface area contributed by atoms with Crippen LogP contribution in [0.1, 0.15) is 24.4 Å². The maximum atomic E-state index is 11.7. The molecule has 0 saturated carbocycles. The second-order valence-corrected chi connectivity index (χ2v) is 4.86. The predicted molar refractivity (Wildman–Crippen MR) is 77.0 cm³/mol. The highest BCUT2D eigenvalue weighted by Gasteiger charge is 2.40. The maximum absolute atomic E-state index is 11.7. The van der Waals surface area contributed by atoms with Crippen molar-refractivity contribution in [1.82, 2.24) is 5.32 Å². The monoisotopic (exact) mass is 310 g/mol. The number of piperidine rings is 1. The van der Waals surface area contributed by atoms with Crippen molar-refractivity contribution in [2.75, 3.05) is 21.3 Å². The first-order chi connectivity index (χ1) is 10.5. The summed E-state index contributed by atoms with van der Waals surface area (Å²) in [5, 5.41) is 14.0. The van der Waals surface area contributed by atoms with Crippen LogP contribution in [0, 0.1) is 10.1 Å². The fraction of sp³-hybridized carbons (Fsp3) is 0.500. The number of rotatable bonds is 5. The van der Waals surface area contributed by atoms with Gasteiger partial charge in [0.1, 0.15) is 6.04 Å². The van der Waals surface area contributed by atoms with Gasteiger partial charge >= 0.3 is 0 Å². The molecular weight excluding hydrogens is 292 g/mol. The van der Waals surface area contributed by atoms with E-state index in [4.69, 9.17) is 14.2 Å². The molecule has 120 valence electrons. The van der Waals surface area contributed by atoms with Crippen molar-refractivity contribution in [2.45, 2.75) is 24.9 Å². The van der Waals surface area contributed by atoms with Gasteiger partial charge in [-0.3, -0.25) is 14.9 Å². The molecule has 1 aliphatic rings. The van der Waals surface area contributed by atoms with Crippen LogP contribution < -0.4 is 19.5 Å². The highest BCUT2D eigenvalue weighted by Crippen LogP contribution is 2.43. The quantitative estimate of drug-likeness (QED) is 0.650. The Morgan fingerprint density at radius 1 is 1.18 bits per heavy atom. The van der Waals surface area contributed by atoms with E-state index in [2.05, 4.69) is 5.32 Å². The Labute approximate surface area is 127 Å². The Hall–Kier alpha value is -2.51. The van der Waals surface area contributed by atoms with E-state index in [1.165, 1.54) is 21.3 Å². The van der Waals surface area contributed by atoms with Crippen LogP contribution in [0.4, 0.5) is 0 Å². The Morgan fingerprint density at radius 2 is 1.86 bits per heavy atom. The fourth-order valence-electron chi connectivity index (χ4n) is 2.67. The number of carbonyl (C=O) groups excluding carboxylic acids is 1. The number of hydrogen-bond acceptors (Lipinski definition) is 6. The summed E-state index contributed by atoms with van der Waals surface area (Å²) in [6.07, 6.45) is 0.318. The third-order valence-electron chi connectivity index (χ3n) is 3.71. The first-order valence-corrected chi connectivity index (χ1v) is 6.75. The van der Waals surface area contributed by atoms with Crippen LogP contribution >= 0.6 is 0 Å². The molecule has 8 heteroatoms. The van der Waals surface area contributed by atoms with Gasteiger partial charge in [-0.1, -0.05) is 0 Å². The highest BCUT2D eigenvalue weighted by molar-refractivity contribution is 5.78. The second-order valence-electron chi connectivity index (χ2n) is 4.86. The lowest BCUT2D eigenvalue weighted by Crippen LogP contribution is -2.45. The summed E-state index contributed by atoms with van der Waals surface area (Å²) in [6.45, 7) is 0. The number of nitrogens with zero attached hydrogens (tertiary/aromatic N) is 1. The van der Waals surface area contributed by atoms with E-state index < -0.39 is 12.1 Å². The molecule has 0 aliphatic carbocycles. The van der Waals surface area contributed by atoms with Gasteiger partial charge in [0.05, 0.1) is 21.3 Å². The zero-order chi connectivity index (χ0) is 16.3. The summed E-state index contributed by atoms with van der Waals surface area (Å²) in [5.74, 6) is 0.883. The van der Waals surface area contributed by atoms with Gasteiger partial charge in [-0.15, -0.1) is 0 Å². The molecule has 1 aliphatic heterocycles. The molecule has 1 N–H and O–H groups in total. The number of nitrogens with one attached hydrogen (secondary N) is 1. The average molecular weight is 310 g/mol. The normalized spacial score (nSPS) is 21.0. The summed E-state index contributed by atoms with van der Waals surface area (Å²) >= 11 is 0. The van der Waals surface area contributed by atoms with Gasteiger partial charge in [0.15, 0.2) is 11.5 Å². The Morgan fingerprint density at radius 3 is 2.41 bits per heavy atom. The third kappa shape index (κ3) is 2.76. The summed E-state index contributed by atoms with van der Waals surface area (Å²) in [4.78, 5) is 22.6. The van der Waals surface area contributed by atoms with Gasteiger partial charge in [-0.05, 0) is 12.1 Å². The lowest BCUT2D eigenvalue weighted by molar-refractivity contribution is -0.529. The first-order valence-electron chi connectivity index (χ1n) is 6.75. The van der Waals surface area contributed by atoms with Crippen LogP contribution in [0.5, 0.6) is 17.2 Å². The number of methoxy groups -OCH3 is 3. The van der Waals surface area contributed by atoms with Crippen molar-refractivity contribution < 1.29 is 23.9 Å². The highest BCUT2D eigenvalue weighted by atomic mass is 16.6. The van der Waals surface area contributed by atoms with Gasteiger partial charge in [0, 0.05) is 23.3 Å². The molecular formula is C14H18N2O6. The van der Waals surface area contributed by atoms with Crippen molar-refractivity contribution in [1.29, 1.82) is 0 Å². The van der Waals surface area contributed by atoms with Crippen LogP contribution in [0.2, 0.25) is 0 Å². The molecule has 1 fully saturated rings. The van der Waals surface area contributed by atoms with Crippen LogP contribution in [0.3, 0.4) is 0 Å². The van der Waals surface area contributed by atoms with Crippen molar-refractivity contribution in [3.8, 4) is 17.2 Å². The molecule has 1 heterocycles. The molecule has 1 amide bonds. The molecule has 0 aromatic heterocycles. The zero-order valence-corrected chi connectivity index (χ0v) is 12.6. The smallest absolute Gasteiger partial charge is 0.237 e. The lowest BCUT2D eigenvalue weighted by Gasteiger charge is -2.28. The number of nitro groups is 1. The summed E-state index contributed by atoms with van der Waals surface area (Å²) in [7, 11) is 4.38. The van der Waals surface area contributed by atoms with E-state index in [0.29, 0.717) is 22.8 Å².